The summed E-state index contributed by atoms with van der Waals surface area (Å²) < 4.78 is 0. The van der Waals surface area contributed by atoms with Crippen molar-refractivity contribution in [1.29, 1.82) is 5.26 Å². The highest BCUT2D eigenvalue weighted by Gasteiger charge is 2.18. The van der Waals surface area contributed by atoms with E-state index in [2.05, 4.69) is 10.6 Å². The fourth-order valence-electron chi connectivity index (χ4n) is 1.44. The fraction of sp³-hybridized carbons (Fsp3) is 0.364. The van der Waals surface area contributed by atoms with E-state index in [4.69, 9.17) is 5.26 Å². The average Bonchev–Trinajstić information content (AvgIpc) is 2.33. The molecule has 0 aliphatic heterocycles. The molecule has 90 valence electrons. The summed E-state index contributed by atoms with van der Waals surface area (Å²) in [6, 6.07) is 6.49. The summed E-state index contributed by atoms with van der Waals surface area (Å²) in [5.74, 6) is 0. The molecule has 0 atom stereocenters. The lowest BCUT2D eigenvalue weighted by molar-refractivity contribution is -0.384. The number of nitro groups is 1. The van der Waals surface area contributed by atoms with E-state index in [0.29, 0.717) is 18.8 Å². The minimum Gasteiger partial charge on any atom is -0.378 e. The van der Waals surface area contributed by atoms with Crippen molar-refractivity contribution in [1.82, 2.24) is 5.32 Å². The number of nitriles is 1. The van der Waals surface area contributed by atoms with Crippen molar-refractivity contribution in [3.8, 4) is 6.07 Å². The molecule has 0 bridgehead atoms. The molecule has 0 saturated heterocycles. The van der Waals surface area contributed by atoms with E-state index < -0.39 is 4.92 Å². The van der Waals surface area contributed by atoms with E-state index in [1.165, 1.54) is 6.07 Å². The number of nitro benzene ring substituents is 1. The summed E-state index contributed by atoms with van der Waals surface area (Å²) in [6.07, 6.45) is 0. The van der Waals surface area contributed by atoms with E-state index in [1.807, 2.05) is 13.0 Å². The molecule has 0 aromatic heterocycles. The molecule has 0 radical (unpaired) electrons. The summed E-state index contributed by atoms with van der Waals surface area (Å²) in [4.78, 5) is 10.4. The third-order valence-corrected chi connectivity index (χ3v) is 2.21. The summed E-state index contributed by atoms with van der Waals surface area (Å²) in [5, 5.41) is 25.7. The van der Waals surface area contributed by atoms with Crippen LogP contribution < -0.4 is 10.6 Å². The molecule has 0 aliphatic rings. The zero-order chi connectivity index (χ0) is 12.7. The monoisotopic (exact) mass is 234 g/mol. The number of hydrogen-bond acceptors (Lipinski definition) is 5. The highest BCUT2D eigenvalue weighted by atomic mass is 16.6. The van der Waals surface area contributed by atoms with E-state index in [-0.39, 0.29) is 11.3 Å². The average molecular weight is 234 g/mol. The molecule has 0 spiro atoms. The van der Waals surface area contributed by atoms with Crippen LogP contribution in [-0.2, 0) is 0 Å². The van der Waals surface area contributed by atoms with Crippen molar-refractivity contribution >= 4 is 11.4 Å². The first-order valence-corrected chi connectivity index (χ1v) is 5.32. The van der Waals surface area contributed by atoms with Gasteiger partial charge in [0.2, 0.25) is 0 Å². The maximum atomic E-state index is 10.9. The van der Waals surface area contributed by atoms with Gasteiger partial charge in [0, 0.05) is 13.1 Å². The largest absolute Gasteiger partial charge is 0.378 e. The van der Waals surface area contributed by atoms with Crippen molar-refractivity contribution in [3.05, 3.63) is 33.9 Å². The SMILES string of the molecule is CCNCCNc1cccc(C#N)c1[N+](=O)[O-]. The predicted octanol–water partition coefficient (Wildman–Crippen LogP) is 1.49. The van der Waals surface area contributed by atoms with E-state index >= 15 is 0 Å². The second-order valence-electron chi connectivity index (χ2n) is 3.35. The Morgan fingerprint density at radius 2 is 2.24 bits per heavy atom. The summed E-state index contributed by atoms with van der Waals surface area (Å²) in [6.45, 7) is 4.12. The van der Waals surface area contributed by atoms with Crippen molar-refractivity contribution < 1.29 is 4.92 Å². The first kappa shape index (κ1) is 12.9. The second kappa shape index (κ2) is 6.45. The Morgan fingerprint density at radius 1 is 1.47 bits per heavy atom. The van der Waals surface area contributed by atoms with Gasteiger partial charge in [-0.05, 0) is 18.7 Å². The lowest BCUT2D eigenvalue weighted by atomic mass is 10.1. The Bertz CT molecular complexity index is 440. The first-order valence-electron chi connectivity index (χ1n) is 5.32. The van der Waals surface area contributed by atoms with E-state index in [9.17, 15) is 10.1 Å². The maximum absolute atomic E-state index is 10.9. The lowest BCUT2D eigenvalue weighted by Crippen LogP contribution is -2.21. The second-order valence-corrected chi connectivity index (χ2v) is 3.35. The molecule has 6 nitrogen and oxygen atoms in total. The van der Waals surface area contributed by atoms with E-state index in [0.717, 1.165) is 6.54 Å². The van der Waals surface area contributed by atoms with Gasteiger partial charge in [-0.3, -0.25) is 10.1 Å². The molecule has 0 amide bonds. The third-order valence-electron chi connectivity index (χ3n) is 2.21. The predicted molar refractivity (Wildman–Crippen MR) is 64.8 cm³/mol. The third kappa shape index (κ3) is 3.43. The van der Waals surface area contributed by atoms with Crippen LogP contribution >= 0.6 is 0 Å². The van der Waals surface area contributed by atoms with Gasteiger partial charge in [0.05, 0.1) is 4.92 Å². The van der Waals surface area contributed by atoms with Gasteiger partial charge in [-0.2, -0.15) is 5.26 Å². The van der Waals surface area contributed by atoms with Gasteiger partial charge in [-0.15, -0.1) is 0 Å². The number of nitrogens with one attached hydrogen (secondary N) is 2. The minimum atomic E-state index is -0.534. The Labute approximate surface area is 99.4 Å². The van der Waals surface area contributed by atoms with Crippen LogP contribution in [0.2, 0.25) is 0 Å². The zero-order valence-electron chi connectivity index (χ0n) is 9.56. The molecule has 0 unspecified atom stereocenters. The molecule has 0 fully saturated rings. The van der Waals surface area contributed by atoms with Gasteiger partial charge in [0.1, 0.15) is 17.3 Å². The standard InChI is InChI=1S/C11H14N4O2/c1-2-13-6-7-14-10-5-3-4-9(8-12)11(10)15(16)17/h3-5,13-14H,2,6-7H2,1H3. The lowest BCUT2D eigenvalue weighted by Gasteiger charge is -2.07. The highest BCUT2D eigenvalue weighted by molar-refractivity contribution is 5.68. The summed E-state index contributed by atoms with van der Waals surface area (Å²) >= 11 is 0. The maximum Gasteiger partial charge on any atom is 0.309 e. The number of hydrogen-bond donors (Lipinski definition) is 2. The number of likely N-dealkylation sites (N-methyl/N-ethyl adjacent to an activating group) is 1. The van der Waals surface area contributed by atoms with E-state index in [1.54, 1.807) is 12.1 Å². The molecule has 1 aromatic carbocycles. The van der Waals surface area contributed by atoms with Gasteiger partial charge < -0.3 is 10.6 Å². The van der Waals surface area contributed by atoms with Gasteiger partial charge >= 0.3 is 5.69 Å². The van der Waals surface area contributed by atoms with Gasteiger partial charge in [-0.25, -0.2) is 0 Å². The van der Waals surface area contributed by atoms with Crippen molar-refractivity contribution in [2.24, 2.45) is 0 Å². The molecule has 0 heterocycles. The van der Waals surface area contributed by atoms with Crippen LogP contribution in [0.4, 0.5) is 11.4 Å². The number of para-hydroxylation sites is 1. The fourth-order valence-corrected chi connectivity index (χ4v) is 1.44. The van der Waals surface area contributed by atoms with Crippen LogP contribution in [0.15, 0.2) is 18.2 Å². The Hall–Kier alpha value is -2.13. The molecule has 1 aromatic rings. The highest BCUT2D eigenvalue weighted by Crippen LogP contribution is 2.27. The molecular formula is C11H14N4O2. The van der Waals surface area contributed by atoms with Gasteiger partial charge in [-0.1, -0.05) is 13.0 Å². The van der Waals surface area contributed by atoms with Gasteiger partial charge in [0.15, 0.2) is 0 Å². The number of benzene rings is 1. The molecular weight excluding hydrogens is 220 g/mol. The van der Waals surface area contributed by atoms with Crippen LogP contribution in [0.25, 0.3) is 0 Å². The smallest absolute Gasteiger partial charge is 0.309 e. The minimum absolute atomic E-state index is 0.0726. The molecule has 2 N–H and O–H groups in total. The molecule has 0 aliphatic carbocycles. The van der Waals surface area contributed by atoms with Gasteiger partial charge in [0.25, 0.3) is 0 Å². The summed E-state index contributed by atoms with van der Waals surface area (Å²) in [7, 11) is 0. The van der Waals surface area contributed by atoms with Crippen molar-refractivity contribution in [3.63, 3.8) is 0 Å². The molecule has 0 saturated carbocycles. The van der Waals surface area contributed by atoms with Crippen LogP contribution in [0.3, 0.4) is 0 Å². The van der Waals surface area contributed by atoms with Crippen LogP contribution in [0, 0.1) is 21.4 Å². The quantitative estimate of drug-likeness (QED) is 0.442. The first-order chi connectivity index (χ1) is 8.20. The summed E-state index contributed by atoms with van der Waals surface area (Å²) in [5.41, 5.74) is 0.293. The number of rotatable bonds is 6. The number of anilines is 1. The molecule has 1 rings (SSSR count). The normalized spacial score (nSPS) is 9.65. The molecule has 17 heavy (non-hydrogen) atoms. The van der Waals surface area contributed by atoms with Crippen LogP contribution in [0.1, 0.15) is 12.5 Å². The van der Waals surface area contributed by atoms with Crippen LogP contribution in [-0.4, -0.2) is 24.6 Å². The van der Waals surface area contributed by atoms with Crippen LogP contribution in [0.5, 0.6) is 0 Å². The Kier molecular flexibility index (Phi) is 4.91. The zero-order valence-corrected chi connectivity index (χ0v) is 9.56. The Balaban J connectivity index is 2.84. The number of nitrogens with zero attached hydrogens (tertiary/aromatic N) is 2. The topological polar surface area (TPSA) is 91.0 Å². The Morgan fingerprint density at radius 3 is 2.82 bits per heavy atom. The molecule has 6 heteroatoms. The van der Waals surface area contributed by atoms with Crippen molar-refractivity contribution in [2.45, 2.75) is 6.92 Å². The van der Waals surface area contributed by atoms with Crippen molar-refractivity contribution in [2.75, 3.05) is 25.0 Å².